The minimum Gasteiger partial charge on any atom is -0.393 e. The summed E-state index contributed by atoms with van der Waals surface area (Å²) in [5.74, 6) is 1.19. The number of carbonyl (C=O) groups excluding carboxylic acids is 1. The van der Waals surface area contributed by atoms with Gasteiger partial charge < -0.3 is 14.9 Å². The molecule has 0 spiro atoms. The Morgan fingerprint density at radius 3 is 3.14 bits per heavy atom. The van der Waals surface area contributed by atoms with Crippen LogP contribution in [-0.2, 0) is 11.2 Å². The summed E-state index contributed by atoms with van der Waals surface area (Å²) in [5.41, 5.74) is 0. The molecule has 118 valence electrons. The molecule has 0 aliphatic heterocycles. The van der Waals surface area contributed by atoms with Gasteiger partial charge in [0, 0.05) is 25.3 Å². The first-order valence-electron chi connectivity index (χ1n) is 7.53. The van der Waals surface area contributed by atoms with Gasteiger partial charge in [-0.2, -0.15) is 4.98 Å². The van der Waals surface area contributed by atoms with Gasteiger partial charge in [-0.3, -0.25) is 4.79 Å². The van der Waals surface area contributed by atoms with E-state index in [4.69, 9.17) is 4.52 Å². The van der Waals surface area contributed by atoms with Crippen LogP contribution in [0.1, 0.15) is 31.6 Å². The number of aromatic nitrogens is 2. The van der Waals surface area contributed by atoms with Gasteiger partial charge in [-0.1, -0.05) is 17.6 Å². The molecule has 1 saturated carbocycles. The van der Waals surface area contributed by atoms with Crippen LogP contribution in [0.5, 0.6) is 0 Å². The Hall–Kier alpha value is -1.73. The van der Waals surface area contributed by atoms with Crippen LogP contribution >= 0.6 is 11.3 Å². The molecule has 2 aromatic rings. The summed E-state index contributed by atoms with van der Waals surface area (Å²) in [4.78, 5) is 17.1. The van der Waals surface area contributed by atoms with E-state index >= 15 is 0 Å². The lowest BCUT2D eigenvalue weighted by atomic mass is 10.1. The third-order valence-electron chi connectivity index (χ3n) is 3.96. The summed E-state index contributed by atoms with van der Waals surface area (Å²) >= 11 is 1.55. The zero-order valence-corrected chi connectivity index (χ0v) is 13.0. The molecule has 2 heterocycles. The normalized spacial score (nSPS) is 21.1. The van der Waals surface area contributed by atoms with Crippen LogP contribution in [0.3, 0.4) is 0 Å². The Labute approximate surface area is 132 Å². The lowest BCUT2D eigenvalue weighted by Crippen LogP contribution is -2.32. The molecule has 0 aromatic carbocycles. The van der Waals surface area contributed by atoms with Gasteiger partial charge in [0.2, 0.25) is 17.6 Å². The maximum atomic E-state index is 11.8. The molecule has 0 radical (unpaired) electrons. The summed E-state index contributed by atoms with van der Waals surface area (Å²) in [6, 6.07) is 3.86. The molecule has 2 N–H and O–H groups in total. The molecule has 3 rings (SSSR count). The van der Waals surface area contributed by atoms with Crippen molar-refractivity contribution >= 4 is 17.2 Å². The van der Waals surface area contributed by atoms with Crippen LogP contribution < -0.4 is 5.32 Å². The number of hydrogen-bond donors (Lipinski definition) is 2. The molecule has 0 bridgehead atoms. The minimum atomic E-state index is -0.274. The van der Waals surface area contributed by atoms with Crippen LogP contribution in [0.15, 0.2) is 22.0 Å². The third-order valence-corrected chi connectivity index (χ3v) is 4.82. The molecular weight excluding hydrogens is 302 g/mol. The van der Waals surface area contributed by atoms with Gasteiger partial charge in [0.25, 0.3) is 0 Å². The SMILES string of the molecule is O=C(CCc1nc(-c2cccs2)no1)NCC1CCCC1O. The fraction of sp³-hybridized carbons (Fsp3) is 0.533. The second-order valence-electron chi connectivity index (χ2n) is 5.55. The van der Waals surface area contributed by atoms with Crippen LogP contribution in [0, 0.1) is 5.92 Å². The van der Waals surface area contributed by atoms with Crippen LogP contribution in [0.2, 0.25) is 0 Å². The highest BCUT2D eigenvalue weighted by atomic mass is 32.1. The van der Waals surface area contributed by atoms with E-state index in [-0.39, 0.29) is 17.9 Å². The van der Waals surface area contributed by atoms with Crippen LogP contribution in [0.25, 0.3) is 10.7 Å². The maximum absolute atomic E-state index is 11.8. The van der Waals surface area contributed by atoms with E-state index in [9.17, 15) is 9.90 Å². The van der Waals surface area contributed by atoms with Gasteiger partial charge in [0.15, 0.2) is 0 Å². The largest absolute Gasteiger partial charge is 0.393 e. The van der Waals surface area contributed by atoms with E-state index < -0.39 is 0 Å². The molecule has 7 heteroatoms. The van der Waals surface area contributed by atoms with Crippen molar-refractivity contribution in [1.29, 1.82) is 0 Å². The molecule has 0 saturated heterocycles. The Morgan fingerprint density at radius 1 is 1.50 bits per heavy atom. The Balaban J connectivity index is 1.43. The number of hydrogen-bond acceptors (Lipinski definition) is 6. The van der Waals surface area contributed by atoms with Crippen LogP contribution in [-0.4, -0.2) is 33.8 Å². The van der Waals surface area contributed by atoms with Crippen molar-refractivity contribution in [3.63, 3.8) is 0 Å². The Morgan fingerprint density at radius 2 is 2.41 bits per heavy atom. The summed E-state index contributed by atoms with van der Waals surface area (Å²) in [7, 11) is 0. The quantitative estimate of drug-likeness (QED) is 0.849. The first-order chi connectivity index (χ1) is 10.7. The first-order valence-corrected chi connectivity index (χ1v) is 8.41. The van der Waals surface area contributed by atoms with Crippen molar-refractivity contribution in [3.05, 3.63) is 23.4 Å². The van der Waals surface area contributed by atoms with E-state index in [0.29, 0.717) is 31.1 Å². The predicted octanol–water partition coefficient (Wildman–Crippen LogP) is 2.01. The van der Waals surface area contributed by atoms with E-state index in [1.807, 2.05) is 17.5 Å². The van der Waals surface area contributed by atoms with Crippen molar-refractivity contribution < 1.29 is 14.4 Å². The molecule has 2 atom stereocenters. The lowest BCUT2D eigenvalue weighted by Gasteiger charge is -2.14. The van der Waals surface area contributed by atoms with E-state index in [2.05, 4.69) is 15.5 Å². The van der Waals surface area contributed by atoms with Gasteiger partial charge in [0.05, 0.1) is 11.0 Å². The van der Waals surface area contributed by atoms with Crippen molar-refractivity contribution in [2.75, 3.05) is 6.54 Å². The fourth-order valence-corrected chi connectivity index (χ4v) is 3.32. The number of nitrogens with zero attached hydrogens (tertiary/aromatic N) is 2. The van der Waals surface area contributed by atoms with Gasteiger partial charge in [0.1, 0.15) is 0 Å². The van der Waals surface area contributed by atoms with Gasteiger partial charge in [-0.05, 0) is 24.3 Å². The highest BCUT2D eigenvalue weighted by Crippen LogP contribution is 2.24. The predicted molar refractivity (Wildman–Crippen MR) is 82.3 cm³/mol. The number of thiophene rings is 1. The van der Waals surface area contributed by atoms with E-state index in [0.717, 1.165) is 24.1 Å². The number of carbonyl (C=O) groups is 1. The standard InChI is InChI=1S/C15H19N3O3S/c19-11-4-1-3-10(11)9-16-13(20)6-7-14-17-15(18-21-14)12-5-2-8-22-12/h2,5,8,10-11,19H,1,3-4,6-7,9H2,(H,16,20). The molecule has 1 aliphatic rings. The number of aryl methyl sites for hydroxylation is 1. The molecule has 2 unspecified atom stereocenters. The number of amides is 1. The van der Waals surface area contributed by atoms with Gasteiger partial charge in [-0.15, -0.1) is 11.3 Å². The average molecular weight is 321 g/mol. The lowest BCUT2D eigenvalue weighted by molar-refractivity contribution is -0.121. The van der Waals surface area contributed by atoms with Crippen molar-refractivity contribution in [2.45, 2.75) is 38.2 Å². The number of nitrogens with one attached hydrogen (secondary N) is 1. The fourth-order valence-electron chi connectivity index (χ4n) is 2.67. The number of aliphatic hydroxyl groups excluding tert-OH is 1. The molecule has 1 aliphatic carbocycles. The molecular formula is C15H19N3O3S. The maximum Gasteiger partial charge on any atom is 0.227 e. The molecule has 1 fully saturated rings. The monoisotopic (exact) mass is 321 g/mol. The summed E-state index contributed by atoms with van der Waals surface area (Å²) in [6.07, 6.45) is 3.33. The van der Waals surface area contributed by atoms with Crippen molar-refractivity contribution in [1.82, 2.24) is 15.5 Å². The topological polar surface area (TPSA) is 88.2 Å². The van der Waals surface area contributed by atoms with Crippen LogP contribution in [0.4, 0.5) is 0 Å². The van der Waals surface area contributed by atoms with Crippen molar-refractivity contribution in [2.24, 2.45) is 5.92 Å². The highest BCUT2D eigenvalue weighted by molar-refractivity contribution is 7.13. The zero-order valence-electron chi connectivity index (χ0n) is 12.2. The average Bonchev–Trinajstić information content (AvgIpc) is 3.24. The second-order valence-corrected chi connectivity index (χ2v) is 6.50. The van der Waals surface area contributed by atoms with Gasteiger partial charge >= 0.3 is 0 Å². The first kappa shape index (κ1) is 15.2. The summed E-state index contributed by atoms with van der Waals surface area (Å²) in [6.45, 7) is 0.546. The molecule has 1 amide bonds. The van der Waals surface area contributed by atoms with Gasteiger partial charge in [-0.25, -0.2) is 0 Å². The second kappa shape index (κ2) is 7.02. The van der Waals surface area contributed by atoms with E-state index in [1.165, 1.54) is 0 Å². The Kier molecular flexibility index (Phi) is 4.84. The zero-order chi connectivity index (χ0) is 15.4. The third kappa shape index (κ3) is 3.72. The highest BCUT2D eigenvalue weighted by Gasteiger charge is 2.25. The Bertz CT molecular complexity index is 611. The summed E-state index contributed by atoms with van der Waals surface area (Å²) < 4.78 is 5.16. The molecule has 22 heavy (non-hydrogen) atoms. The summed E-state index contributed by atoms with van der Waals surface area (Å²) in [5, 5.41) is 18.5. The molecule has 2 aromatic heterocycles. The smallest absolute Gasteiger partial charge is 0.227 e. The number of aliphatic hydroxyl groups is 1. The van der Waals surface area contributed by atoms with Crippen molar-refractivity contribution in [3.8, 4) is 10.7 Å². The van der Waals surface area contributed by atoms with E-state index in [1.54, 1.807) is 11.3 Å². The minimum absolute atomic E-state index is 0.0463. The molecule has 6 nitrogen and oxygen atoms in total. The number of rotatable bonds is 6.